The molecule has 0 radical (unpaired) electrons. The quantitative estimate of drug-likeness (QED) is 0.601. The number of carbonyl (C=O) groups is 1. The van der Waals surface area contributed by atoms with Crippen LogP contribution in [-0.4, -0.2) is 43.6 Å². The number of methoxy groups -OCH3 is 1. The third-order valence-corrected chi connectivity index (χ3v) is 4.87. The van der Waals surface area contributed by atoms with Crippen molar-refractivity contribution in [3.8, 4) is 17.2 Å². The molecule has 1 heterocycles. The highest BCUT2D eigenvalue weighted by Gasteiger charge is 2.19. The number of benzene rings is 2. The minimum Gasteiger partial charge on any atom is -0.508 e. The van der Waals surface area contributed by atoms with Crippen LogP contribution in [0, 0.1) is 0 Å². The second-order valence-electron chi connectivity index (χ2n) is 5.68. The maximum atomic E-state index is 12.5. The average molecular weight is 385 g/mol. The second-order valence-corrected chi connectivity index (χ2v) is 6.99. The van der Waals surface area contributed by atoms with E-state index in [4.69, 9.17) is 4.74 Å². The number of phenolic OH excluding ortho intramolecular Hbond substituents is 1. The summed E-state index contributed by atoms with van der Waals surface area (Å²) in [5.74, 6) is 0.755. The molecule has 0 saturated heterocycles. The highest BCUT2D eigenvalue weighted by molar-refractivity contribution is 8.00. The Hall–Kier alpha value is -3.07. The zero-order valence-electron chi connectivity index (χ0n) is 14.9. The standard InChI is InChI=1S/C18H19N5O3S/c1-12(17(25)19-11-13-5-3-4-6-16(13)26-2)27-18-20-21-22-23(18)14-7-9-15(24)10-8-14/h3-10,12,24H,11H2,1-2H3,(H,19,25). The van der Waals surface area contributed by atoms with Gasteiger partial charge in [0.05, 0.1) is 18.0 Å². The van der Waals surface area contributed by atoms with Crippen LogP contribution in [0.1, 0.15) is 12.5 Å². The van der Waals surface area contributed by atoms with Gasteiger partial charge >= 0.3 is 0 Å². The molecule has 1 aromatic heterocycles. The van der Waals surface area contributed by atoms with E-state index >= 15 is 0 Å². The van der Waals surface area contributed by atoms with E-state index in [1.165, 1.54) is 16.4 Å². The van der Waals surface area contributed by atoms with Crippen LogP contribution in [0.2, 0.25) is 0 Å². The number of ether oxygens (including phenoxy) is 1. The number of nitrogens with zero attached hydrogens (tertiary/aromatic N) is 4. The molecule has 3 rings (SSSR count). The van der Waals surface area contributed by atoms with Gasteiger partial charge in [-0.25, -0.2) is 0 Å². The molecule has 2 aromatic carbocycles. The van der Waals surface area contributed by atoms with E-state index in [1.54, 1.807) is 38.3 Å². The summed E-state index contributed by atoms with van der Waals surface area (Å²) in [7, 11) is 1.60. The molecule has 3 aromatic rings. The lowest BCUT2D eigenvalue weighted by molar-refractivity contribution is -0.120. The Bertz CT molecular complexity index is 913. The molecule has 0 bridgehead atoms. The van der Waals surface area contributed by atoms with Crippen molar-refractivity contribution >= 4 is 17.7 Å². The largest absolute Gasteiger partial charge is 0.508 e. The molecular formula is C18H19N5O3S. The Labute approximate surface area is 160 Å². The lowest BCUT2D eigenvalue weighted by atomic mass is 10.2. The van der Waals surface area contributed by atoms with Crippen molar-refractivity contribution in [1.29, 1.82) is 0 Å². The Kier molecular flexibility index (Phi) is 5.92. The molecule has 9 heteroatoms. The van der Waals surface area contributed by atoms with Crippen molar-refractivity contribution < 1.29 is 14.6 Å². The van der Waals surface area contributed by atoms with Gasteiger partial charge in [-0.2, -0.15) is 4.68 Å². The van der Waals surface area contributed by atoms with Gasteiger partial charge in [0.1, 0.15) is 11.5 Å². The number of nitrogens with one attached hydrogen (secondary N) is 1. The Morgan fingerprint density at radius 2 is 2.00 bits per heavy atom. The van der Waals surface area contributed by atoms with Crippen molar-refractivity contribution in [2.75, 3.05) is 7.11 Å². The van der Waals surface area contributed by atoms with Gasteiger partial charge in [-0.3, -0.25) is 4.79 Å². The summed E-state index contributed by atoms with van der Waals surface area (Å²) < 4.78 is 6.81. The second kappa shape index (κ2) is 8.54. The van der Waals surface area contributed by atoms with E-state index in [-0.39, 0.29) is 11.7 Å². The molecule has 140 valence electrons. The third kappa shape index (κ3) is 4.56. The highest BCUT2D eigenvalue weighted by atomic mass is 32.2. The predicted molar refractivity (Wildman–Crippen MR) is 101 cm³/mol. The monoisotopic (exact) mass is 385 g/mol. The zero-order chi connectivity index (χ0) is 19.2. The van der Waals surface area contributed by atoms with Crippen LogP contribution in [0.5, 0.6) is 11.5 Å². The number of amides is 1. The highest BCUT2D eigenvalue weighted by Crippen LogP contribution is 2.24. The van der Waals surface area contributed by atoms with Crippen LogP contribution in [0.25, 0.3) is 5.69 Å². The Morgan fingerprint density at radius 1 is 1.26 bits per heavy atom. The van der Waals surface area contributed by atoms with Gasteiger partial charge in [-0.05, 0) is 47.7 Å². The molecular weight excluding hydrogens is 366 g/mol. The lowest BCUT2D eigenvalue weighted by Crippen LogP contribution is -2.30. The van der Waals surface area contributed by atoms with E-state index in [2.05, 4.69) is 20.8 Å². The summed E-state index contributed by atoms with van der Waals surface area (Å²) >= 11 is 1.25. The van der Waals surface area contributed by atoms with Crippen LogP contribution < -0.4 is 10.1 Å². The molecule has 2 N–H and O–H groups in total. The number of rotatable bonds is 7. The SMILES string of the molecule is COc1ccccc1CNC(=O)C(C)Sc1nnnn1-c1ccc(O)cc1. The number of hydrogen-bond acceptors (Lipinski definition) is 7. The number of para-hydroxylation sites is 1. The summed E-state index contributed by atoms with van der Waals surface area (Å²) in [6, 6.07) is 14.0. The number of phenols is 1. The van der Waals surface area contributed by atoms with Crippen LogP contribution in [0.4, 0.5) is 0 Å². The fraction of sp³-hybridized carbons (Fsp3) is 0.222. The first-order chi connectivity index (χ1) is 13.1. The minimum absolute atomic E-state index is 0.133. The van der Waals surface area contributed by atoms with Gasteiger partial charge in [-0.1, -0.05) is 30.0 Å². The molecule has 1 unspecified atom stereocenters. The van der Waals surface area contributed by atoms with Gasteiger partial charge < -0.3 is 15.2 Å². The maximum absolute atomic E-state index is 12.5. The zero-order valence-corrected chi connectivity index (χ0v) is 15.7. The topological polar surface area (TPSA) is 102 Å². The average Bonchev–Trinajstić information content (AvgIpc) is 3.14. The van der Waals surface area contributed by atoms with E-state index in [0.717, 1.165) is 11.3 Å². The Balaban J connectivity index is 1.64. The number of aromatic hydroxyl groups is 1. The van der Waals surface area contributed by atoms with E-state index in [1.807, 2.05) is 24.3 Å². The fourth-order valence-electron chi connectivity index (χ4n) is 2.39. The summed E-state index contributed by atoms with van der Waals surface area (Å²) in [4.78, 5) is 12.5. The van der Waals surface area contributed by atoms with Crippen molar-refractivity contribution in [3.05, 3.63) is 54.1 Å². The molecule has 0 fully saturated rings. The van der Waals surface area contributed by atoms with Crippen molar-refractivity contribution in [2.24, 2.45) is 0 Å². The first kappa shape index (κ1) is 18.7. The van der Waals surface area contributed by atoms with E-state index < -0.39 is 5.25 Å². The van der Waals surface area contributed by atoms with Crippen molar-refractivity contribution in [1.82, 2.24) is 25.5 Å². The molecule has 0 aliphatic heterocycles. The van der Waals surface area contributed by atoms with Crippen LogP contribution in [0.15, 0.2) is 53.7 Å². The number of aromatic nitrogens is 4. The predicted octanol–water partition coefficient (Wildman–Crippen LogP) is 2.17. The first-order valence-corrected chi connectivity index (χ1v) is 9.10. The molecule has 27 heavy (non-hydrogen) atoms. The van der Waals surface area contributed by atoms with Crippen molar-refractivity contribution in [3.63, 3.8) is 0 Å². The first-order valence-electron chi connectivity index (χ1n) is 8.22. The smallest absolute Gasteiger partial charge is 0.233 e. The summed E-state index contributed by atoms with van der Waals surface area (Å²) in [6.07, 6.45) is 0. The van der Waals surface area contributed by atoms with Gasteiger partial charge in [0.25, 0.3) is 0 Å². The van der Waals surface area contributed by atoms with E-state index in [9.17, 15) is 9.90 Å². The molecule has 1 amide bonds. The molecule has 1 atom stereocenters. The van der Waals surface area contributed by atoms with Gasteiger partial charge in [0, 0.05) is 12.1 Å². The van der Waals surface area contributed by atoms with Crippen LogP contribution in [-0.2, 0) is 11.3 Å². The summed E-state index contributed by atoms with van der Waals surface area (Å²) in [5.41, 5.74) is 1.60. The van der Waals surface area contributed by atoms with E-state index in [0.29, 0.717) is 17.4 Å². The maximum Gasteiger partial charge on any atom is 0.233 e. The molecule has 0 spiro atoms. The van der Waals surface area contributed by atoms with Gasteiger partial charge in [-0.15, -0.1) is 5.10 Å². The van der Waals surface area contributed by atoms with Crippen molar-refractivity contribution in [2.45, 2.75) is 23.9 Å². The minimum atomic E-state index is -0.401. The van der Waals surface area contributed by atoms with Gasteiger partial charge in [0.15, 0.2) is 0 Å². The number of tetrazole rings is 1. The lowest BCUT2D eigenvalue weighted by Gasteiger charge is -2.13. The number of carbonyl (C=O) groups excluding carboxylic acids is 1. The number of hydrogen-bond donors (Lipinski definition) is 2. The normalized spacial score (nSPS) is 11.8. The molecule has 0 aliphatic rings. The molecule has 8 nitrogen and oxygen atoms in total. The summed E-state index contributed by atoms with van der Waals surface area (Å²) in [6.45, 7) is 2.16. The third-order valence-electron chi connectivity index (χ3n) is 3.83. The van der Waals surface area contributed by atoms with Crippen LogP contribution >= 0.6 is 11.8 Å². The number of thioether (sulfide) groups is 1. The van der Waals surface area contributed by atoms with Gasteiger partial charge in [0.2, 0.25) is 11.1 Å². The summed E-state index contributed by atoms with van der Waals surface area (Å²) in [5, 5.41) is 24.0. The fourth-order valence-corrected chi connectivity index (χ4v) is 3.23. The molecule has 0 saturated carbocycles. The van der Waals surface area contributed by atoms with Crippen LogP contribution in [0.3, 0.4) is 0 Å². The Morgan fingerprint density at radius 3 is 2.74 bits per heavy atom. The molecule has 0 aliphatic carbocycles.